The number of halogens is 3. The molecule has 1 unspecified atom stereocenters. The summed E-state index contributed by atoms with van der Waals surface area (Å²) in [7, 11) is 0. The van der Waals surface area contributed by atoms with Crippen molar-refractivity contribution in [2.75, 3.05) is 0 Å². The van der Waals surface area contributed by atoms with Crippen molar-refractivity contribution in [3.8, 4) is 0 Å². The van der Waals surface area contributed by atoms with E-state index in [-0.39, 0.29) is 10.8 Å². The summed E-state index contributed by atoms with van der Waals surface area (Å²) in [5.74, 6) is 0. The minimum atomic E-state index is -0.142. The minimum Gasteiger partial charge on any atom is -0.126 e. The summed E-state index contributed by atoms with van der Waals surface area (Å²) in [5, 5.41) is -0.103. The predicted molar refractivity (Wildman–Crippen MR) is 85.1 cm³/mol. The molecular weight excluding hydrogens is 351 g/mol. The molecular formula is C14H13BrCl2S. The number of rotatable bonds is 3. The Hall–Kier alpha value is -0.0200. The second kappa shape index (κ2) is 5.54. The lowest BCUT2D eigenvalue weighted by atomic mass is 9.81. The van der Waals surface area contributed by atoms with Gasteiger partial charge in [-0.15, -0.1) is 22.9 Å². The summed E-state index contributed by atoms with van der Waals surface area (Å²) in [5.41, 5.74) is 1.09. The van der Waals surface area contributed by atoms with E-state index >= 15 is 0 Å². The maximum Gasteiger partial charge on any atom is 0.107 e. The van der Waals surface area contributed by atoms with Crippen molar-refractivity contribution >= 4 is 50.5 Å². The van der Waals surface area contributed by atoms with Crippen LogP contribution in [0, 0.1) is 0 Å². The number of benzene rings is 1. The molecule has 0 aliphatic carbocycles. The quantitative estimate of drug-likeness (QED) is 0.551. The van der Waals surface area contributed by atoms with Crippen molar-refractivity contribution in [3.05, 3.63) is 55.6 Å². The Kier molecular flexibility index (Phi) is 4.43. The minimum absolute atomic E-state index is 0.103. The van der Waals surface area contributed by atoms with E-state index in [1.807, 2.05) is 24.3 Å². The number of hydrogen-bond donors (Lipinski definition) is 0. The normalized spacial score (nSPS) is 13.6. The van der Waals surface area contributed by atoms with Gasteiger partial charge in [0.15, 0.2) is 0 Å². The van der Waals surface area contributed by atoms with Gasteiger partial charge in [0.2, 0.25) is 0 Å². The Bertz CT molecular complexity index is 514. The Morgan fingerprint density at radius 1 is 1.22 bits per heavy atom. The molecule has 0 spiro atoms. The molecule has 0 nitrogen and oxygen atoms in total. The SMILES string of the molecule is CC(C)(c1ccccc1)C(Cl)c1cc(Br)c(Cl)s1. The van der Waals surface area contributed by atoms with Gasteiger partial charge in [-0.1, -0.05) is 55.8 Å². The van der Waals surface area contributed by atoms with E-state index in [1.54, 1.807) is 0 Å². The molecule has 18 heavy (non-hydrogen) atoms. The first-order valence-corrected chi connectivity index (χ1v) is 7.99. The number of hydrogen-bond acceptors (Lipinski definition) is 1. The monoisotopic (exact) mass is 362 g/mol. The van der Waals surface area contributed by atoms with Gasteiger partial charge in [0.25, 0.3) is 0 Å². The number of alkyl halides is 1. The molecule has 0 saturated heterocycles. The van der Waals surface area contributed by atoms with E-state index in [0.717, 1.165) is 13.7 Å². The molecule has 4 heteroatoms. The zero-order chi connectivity index (χ0) is 13.3. The summed E-state index contributed by atoms with van der Waals surface area (Å²) in [6, 6.07) is 12.3. The molecule has 0 amide bonds. The summed E-state index contributed by atoms with van der Waals surface area (Å²) < 4.78 is 1.66. The summed E-state index contributed by atoms with van der Waals surface area (Å²) in [6.45, 7) is 4.31. The van der Waals surface area contributed by atoms with Crippen LogP contribution in [-0.2, 0) is 5.41 Å². The van der Waals surface area contributed by atoms with Gasteiger partial charge < -0.3 is 0 Å². The van der Waals surface area contributed by atoms with Crippen molar-refractivity contribution in [1.82, 2.24) is 0 Å². The summed E-state index contributed by atoms with van der Waals surface area (Å²) in [4.78, 5) is 1.09. The third kappa shape index (κ3) is 2.77. The van der Waals surface area contributed by atoms with Gasteiger partial charge in [-0.2, -0.15) is 0 Å². The van der Waals surface area contributed by atoms with Crippen LogP contribution in [0.5, 0.6) is 0 Å². The topological polar surface area (TPSA) is 0 Å². The molecule has 1 heterocycles. The Balaban J connectivity index is 2.35. The lowest BCUT2D eigenvalue weighted by Crippen LogP contribution is -2.22. The maximum absolute atomic E-state index is 6.65. The molecule has 96 valence electrons. The Labute approximate surface area is 130 Å². The Morgan fingerprint density at radius 2 is 1.83 bits per heavy atom. The molecule has 0 saturated carbocycles. The molecule has 1 atom stereocenters. The average molecular weight is 364 g/mol. The highest BCUT2D eigenvalue weighted by Crippen LogP contribution is 2.46. The zero-order valence-corrected chi connectivity index (χ0v) is 14.0. The summed E-state index contributed by atoms with van der Waals surface area (Å²) >= 11 is 17.7. The molecule has 1 aromatic heterocycles. The van der Waals surface area contributed by atoms with E-state index in [2.05, 4.69) is 41.9 Å². The van der Waals surface area contributed by atoms with Crippen molar-refractivity contribution in [2.24, 2.45) is 0 Å². The van der Waals surface area contributed by atoms with Gasteiger partial charge in [0, 0.05) is 14.8 Å². The van der Waals surface area contributed by atoms with E-state index in [0.29, 0.717) is 0 Å². The van der Waals surface area contributed by atoms with Gasteiger partial charge in [-0.05, 0) is 27.6 Å². The van der Waals surface area contributed by atoms with E-state index < -0.39 is 0 Å². The van der Waals surface area contributed by atoms with Gasteiger partial charge in [-0.25, -0.2) is 0 Å². The second-order valence-corrected chi connectivity index (χ2v) is 7.70. The van der Waals surface area contributed by atoms with Gasteiger partial charge in [0.1, 0.15) is 4.34 Å². The third-order valence-electron chi connectivity index (χ3n) is 3.07. The molecule has 0 radical (unpaired) electrons. The van der Waals surface area contributed by atoms with Crippen LogP contribution in [0.3, 0.4) is 0 Å². The van der Waals surface area contributed by atoms with Crippen molar-refractivity contribution < 1.29 is 0 Å². The largest absolute Gasteiger partial charge is 0.126 e. The number of thiophene rings is 1. The fourth-order valence-electron chi connectivity index (χ4n) is 1.86. The first kappa shape index (κ1) is 14.4. The van der Waals surface area contributed by atoms with Crippen LogP contribution in [0.1, 0.15) is 29.7 Å². The smallest absolute Gasteiger partial charge is 0.107 e. The fraction of sp³-hybridized carbons (Fsp3) is 0.286. The van der Waals surface area contributed by atoms with Gasteiger partial charge in [-0.3, -0.25) is 0 Å². The fourth-order valence-corrected chi connectivity index (χ4v) is 4.08. The molecule has 1 aromatic carbocycles. The highest BCUT2D eigenvalue weighted by Gasteiger charge is 2.32. The van der Waals surface area contributed by atoms with E-state index in [4.69, 9.17) is 23.2 Å². The van der Waals surface area contributed by atoms with E-state index in [1.165, 1.54) is 16.9 Å². The highest BCUT2D eigenvalue weighted by molar-refractivity contribution is 9.10. The van der Waals surface area contributed by atoms with Gasteiger partial charge >= 0.3 is 0 Å². The zero-order valence-electron chi connectivity index (χ0n) is 10.1. The molecule has 2 aromatic rings. The van der Waals surface area contributed by atoms with Crippen molar-refractivity contribution in [2.45, 2.75) is 24.6 Å². The molecule has 0 aliphatic rings. The molecule has 0 fully saturated rings. The lowest BCUT2D eigenvalue weighted by molar-refractivity contribution is 0.509. The Morgan fingerprint density at radius 3 is 2.33 bits per heavy atom. The first-order chi connectivity index (χ1) is 8.43. The highest BCUT2D eigenvalue weighted by atomic mass is 79.9. The van der Waals surface area contributed by atoms with E-state index in [9.17, 15) is 0 Å². The lowest BCUT2D eigenvalue weighted by Gasteiger charge is -2.30. The van der Waals surface area contributed by atoms with Crippen molar-refractivity contribution in [1.29, 1.82) is 0 Å². The van der Waals surface area contributed by atoms with Crippen LogP contribution < -0.4 is 0 Å². The second-order valence-electron chi connectivity index (χ2n) is 4.72. The van der Waals surface area contributed by atoms with Crippen LogP contribution in [0.2, 0.25) is 4.34 Å². The standard InChI is InChI=1S/C14H13BrCl2S/c1-14(2,9-6-4-3-5-7-9)12(16)11-8-10(15)13(17)18-11/h3-8,12H,1-2H3. The maximum atomic E-state index is 6.65. The first-order valence-electron chi connectivity index (χ1n) is 5.57. The van der Waals surface area contributed by atoms with Crippen LogP contribution in [0.4, 0.5) is 0 Å². The van der Waals surface area contributed by atoms with Crippen molar-refractivity contribution in [3.63, 3.8) is 0 Å². The average Bonchev–Trinajstić information content (AvgIpc) is 2.69. The molecule has 0 bridgehead atoms. The summed E-state index contributed by atoms with van der Waals surface area (Å²) in [6.07, 6.45) is 0. The van der Waals surface area contributed by atoms with Crippen LogP contribution in [0.15, 0.2) is 40.9 Å². The van der Waals surface area contributed by atoms with Crippen LogP contribution in [0.25, 0.3) is 0 Å². The molecule has 0 N–H and O–H groups in total. The van der Waals surface area contributed by atoms with Gasteiger partial charge in [0.05, 0.1) is 5.38 Å². The van der Waals surface area contributed by atoms with Crippen LogP contribution >= 0.6 is 50.5 Å². The molecule has 2 rings (SSSR count). The van der Waals surface area contributed by atoms with Crippen LogP contribution in [-0.4, -0.2) is 0 Å². The molecule has 0 aliphatic heterocycles. The predicted octanol–water partition coefficient (Wildman–Crippen LogP) is 6.42. The third-order valence-corrected chi connectivity index (χ3v) is 6.52.